The van der Waals surface area contributed by atoms with Crippen molar-refractivity contribution in [2.24, 2.45) is 5.92 Å². The number of anilines is 1. The number of halogens is 2. The molecule has 4 heterocycles. The number of aromatic nitrogens is 6. The van der Waals surface area contributed by atoms with Crippen LogP contribution >= 0.6 is 0 Å². The van der Waals surface area contributed by atoms with Crippen molar-refractivity contribution in [1.82, 2.24) is 29.5 Å². The normalized spacial score (nSPS) is 14.9. The molecule has 0 unspecified atom stereocenters. The molecule has 5 rings (SSSR count). The monoisotopic (exact) mass is 369 g/mol. The summed E-state index contributed by atoms with van der Waals surface area (Å²) in [6.45, 7) is 1.49. The number of hydrogen-bond donors (Lipinski definition) is 2. The lowest BCUT2D eigenvalue weighted by atomic mass is 10.2. The molecule has 138 valence electrons. The molecule has 1 aliphatic carbocycles. The Labute approximate surface area is 152 Å². The number of rotatable bonds is 5. The lowest BCUT2D eigenvalue weighted by Gasteiger charge is -2.15. The maximum absolute atomic E-state index is 13.8. The SMILES string of the molecule is Cc1cnc2ccc(-c3c[nH]c4nc(NCC(F)(F)C5CC5)ncc34)nn12. The van der Waals surface area contributed by atoms with Crippen LogP contribution in [0.3, 0.4) is 0 Å². The Kier molecular flexibility index (Phi) is 3.40. The molecule has 0 radical (unpaired) electrons. The zero-order valence-corrected chi connectivity index (χ0v) is 14.6. The van der Waals surface area contributed by atoms with Gasteiger partial charge in [-0.1, -0.05) is 0 Å². The van der Waals surface area contributed by atoms with Crippen LogP contribution in [-0.4, -0.2) is 42.0 Å². The molecular formula is C18H17F2N7. The zero-order valence-electron chi connectivity index (χ0n) is 14.6. The van der Waals surface area contributed by atoms with Crippen LogP contribution in [0.4, 0.5) is 14.7 Å². The van der Waals surface area contributed by atoms with Gasteiger partial charge in [0.2, 0.25) is 5.95 Å². The Balaban J connectivity index is 1.45. The highest BCUT2D eigenvalue weighted by Gasteiger charge is 2.46. The van der Waals surface area contributed by atoms with E-state index in [1.165, 1.54) is 0 Å². The Morgan fingerprint density at radius 2 is 2.11 bits per heavy atom. The summed E-state index contributed by atoms with van der Waals surface area (Å²) in [4.78, 5) is 15.9. The smallest absolute Gasteiger partial charge is 0.267 e. The number of nitrogens with zero attached hydrogens (tertiary/aromatic N) is 5. The first-order valence-corrected chi connectivity index (χ1v) is 8.79. The van der Waals surface area contributed by atoms with Crippen LogP contribution in [-0.2, 0) is 0 Å². The first kappa shape index (κ1) is 16.1. The van der Waals surface area contributed by atoms with Crippen molar-refractivity contribution in [3.8, 4) is 11.3 Å². The minimum absolute atomic E-state index is 0.185. The van der Waals surface area contributed by atoms with Crippen molar-refractivity contribution >= 4 is 22.6 Å². The Bertz CT molecular complexity index is 1140. The molecule has 4 aromatic rings. The number of alkyl halides is 2. The molecule has 9 heteroatoms. The predicted molar refractivity (Wildman–Crippen MR) is 96.8 cm³/mol. The predicted octanol–water partition coefficient (Wildman–Crippen LogP) is 3.43. The lowest BCUT2D eigenvalue weighted by Crippen LogP contribution is -2.29. The second-order valence-electron chi connectivity index (χ2n) is 6.94. The summed E-state index contributed by atoms with van der Waals surface area (Å²) in [7, 11) is 0. The number of imidazole rings is 1. The molecule has 0 aromatic carbocycles. The molecule has 0 amide bonds. The van der Waals surface area contributed by atoms with Crippen LogP contribution in [0.25, 0.3) is 27.9 Å². The van der Waals surface area contributed by atoms with E-state index in [2.05, 4.69) is 30.4 Å². The third kappa shape index (κ3) is 2.79. The lowest BCUT2D eigenvalue weighted by molar-refractivity contribution is -0.00831. The summed E-state index contributed by atoms with van der Waals surface area (Å²) in [6, 6.07) is 3.78. The quantitative estimate of drug-likeness (QED) is 0.563. The number of H-pyrrole nitrogens is 1. The van der Waals surface area contributed by atoms with Crippen molar-refractivity contribution in [3.05, 3.63) is 36.4 Å². The van der Waals surface area contributed by atoms with E-state index >= 15 is 0 Å². The molecule has 27 heavy (non-hydrogen) atoms. The number of nitrogens with one attached hydrogen (secondary N) is 2. The van der Waals surface area contributed by atoms with Gasteiger partial charge in [0.1, 0.15) is 5.65 Å². The average Bonchev–Trinajstić information content (AvgIpc) is 3.36. The molecule has 2 N–H and O–H groups in total. The highest BCUT2D eigenvalue weighted by atomic mass is 19.3. The maximum Gasteiger partial charge on any atom is 0.267 e. The molecule has 1 fully saturated rings. The Hall–Kier alpha value is -3.10. The van der Waals surface area contributed by atoms with Gasteiger partial charge in [-0.3, -0.25) is 0 Å². The summed E-state index contributed by atoms with van der Waals surface area (Å²) in [6.07, 6.45) is 6.35. The van der Waals surface area contributed by atoms with Gasteiger partial charge < -0.3 is 10.3 Å². The van der Waals surface area contributed by atoms with Crippen molar-refractivity contribution in [2.75, 3.05) is 11.9 Å². The van der Waals surface area contributed by atoms with Gasteiger partial charge in [0, 0.05) is 29.3 Å². The highest BCUT2D eigenvalue weighted by molar-refractivity contribution is 5.92. The third-order valence-corrected chi connectivity index (χ3v) is 4.90. The van der Waals surface area contributed by atoms with E-state index in [-0.39, 0.29) is 5.95 Å². The van der Waals surface area contributed by atoms with Crippen LogP contribution < -0.4 is 5.32 Å². The summed E-state index contributed by atoms with van der Waals surface area (Å²) in [5.41, 5.74) is 3.87. The van der Waals surface area contributed by atoms with Gasteiger partial charge >= 0.3 is 0 Å². The largest absolute Gasteiger partial charge is 0.348 e. The van der Waals surface area contributed by atoms with Crippen molar-refractivity contribution in [2.45, 2.75) is 25.7 Å². The van der Waals surface area contributed by atoms with Gasteiger partial charge in [-0.2, -0.15) is 10.1 Å². The van der Waals surface area contributed by atoms with Crippen molar-refractivity contribution in [1.29, 1.82) is 0 Å². The molecular weight excluding hydrogens is 352 g/mol. The minimum Gasteiger partial charge on any atom is -0.348 e. The van der Waals surface area contributed by atoms with E-state index in [1.54, 1.807) is 23.1 Å². The molecule has 0 spiro atoms. The summed E-state index contributed by atoms with van der Waals surface area (Å²) < 4.78 is 29.4. The number of aromatic amines is 1. The van der Waals surface area contributed by atoms with E-state index in [0.717, 1.165) is 28.0 Å². The van der Waals surface area contributed by atoms with Gasteiger partial charge in [-0.15, -0.1) is 0 Å². The van der Waals surface area contributed by atoms with Crippen molar-refractivity contribution < 1.29 is 8.78 Å². The van der Waals surface area contributed by atoms with Crippen LogP contribution in [0.5, 0.6) is 0 Å². The van der Waals surface area contributed by atoms with Crippen LogP contribution in [0.1, 0.15) is 18.5 Å². The Morgan fingerprint density at radius 1 is 1.26 bits per heavy atom. The van der Waals surface area contributed by atoms with Crippen LogP contribution in [0.15, 0.2) is 30.7 Å². The second kappa shape index (κ2) is 5.70. The molecule has 0 bridgehead atoms. The Morgan fingerprint density at radius 3 is 2.93 bits per heavy atom. The number of hydrogen-bond acceptors (Lipinski definition) is 5. The summed E-state index contributed by atoms with van der Waals surface area (Å²) >= 11 is 0. The number of aryl methyl sites for hydroxylation is 1. The van der Waals surface area contributed by atoms with E-state index in [0.29, 0.717) is 18.5 Å². The fourth-order valence-electron chi connectivity index (χ4n) is 3.18. The number of fused-ring (bicyclic) bond motifs is 2. The summed E-state index contributed by atoms with van der Waals surface area (Å²) in [5.74, 6) is -3.05. The topological polar surface area (TPSA) is 83.8 Å². The van der Waals surface area contributed by atoms with E-state index < -0.39 is 18.4 Å². The van der Waals surface area contributed by atoms with Gasteiger partial charge in [-0.05, 0) is 31.9 Å². The molecule has 4 aromatic heterocycles. The van der Waals surface area contributed by atoms with E-state index in [1.807, 2.05) is 19.1 Å². The second-order valence-corrected chi connectivity index (χ2v) is 6.94. The molecule has 1 saturated carbocycles. The summed E-state index contributed by atoms with van der Waals surface area (Å²) in [5, 5.41) is 8.04. The molecule has 0 saturated heterocycles. The standard InChI is InChI=1S/C18H17F2N7/c1-10-6-21-15-5-4-14(26-27(10)15)12-7-22-16-13(12)8-23-17(25-16)24-9-18(19,20)11-2-3-11/h4-8,11H,2-3,9H2,1H3,(H2,22,23,24,25). The zero-order chi connectivity index (χ0) is 18.6. The molecule has 7 nitrogen and oxygen atoms in total. The van der Waals surface area contributed by atoms with E-state index in [4.69, 9.17) is 0 Å². The van der Waals surface area contributed by atoms with Crippen LogP contribution in [0, 0.1) is 12.8 Å². The van der Waals surface area contributed by atoms with Crippen molar-refractivity contribution in [3.63, 3.8) is 0 Å². The van der Waals surface area contributed by atoms with Crippen LogP contribution in [0.2, 0.25) is 0 Å². The fraction of sp³-hybridized carbons (Fsp3) is 0.333. The molecule has 0 aliphatic heterocycles. The highest BCUT2D eigenvalue weighted by Crippen LogP contribution is 2.43. The fourth-order valence-corrected chi connectivity index (χ4v) is 3.18. The maximum atomic E-state index is 13.8. The third-order valence-electron chi connectivity index (χ3n) is 4.90. The molecule has 0 atom stereocenters. The first-order chi connectivity index (χ1) is 13.0. The van der Waals surface area contributed by atoms with E-state index in [9.17, 15) is 8.78 Å². The van der Waals surface area contributed by atoms with Gasteiger partial charge in [0.25, 0.3) is 5.92 Å². The molecule has 1 aliphatic rings. The van der Waals surface area contributed by atoms with Gasteiger partial charge in [-0.25, -0.2) is 23.3 Å². The van der Waals surface area contributed by atoms with Gasteiger partial charge in [0.15, 0.2) is 5.65 Å². The minimum atomic E-state index is -2.72. The van der Waals surface area contributed by atoms with Gasteiger partial charge in [0.05, 0.1) is 24.1 Å². The first-order valence-electron chi connectivity index (χ1n) is 8.79. The average molecular weight is 369 g/mol.